The monoisotopic (exact) mass is 253 g/mol. The zero-order chi connectivity index (χ0) is 14.4. The van der Waals surface area contributed by atoms with Gasteiger partial charge in [0, 0.05) is 17.1 Å². The van der Waals surface area contributed by atoms with Gasteiger partial charge in [0.05, 0.1) is 0 Å². The van der Waals surface area contributed by atoms with Crippen molar-refractivity contribution < 1.29 is 0 Å². The molecule has 1 aliphatic heterocycles. The smallest absolute Gasteiger partial charge is 0.0238 e. The van der Waals surface area contributed by atoms with Crippen molar-refractivity contribution in [3.05, 3.63) is 0 Å². The zero-order valence-corrected chi connectivity index (χ0v) is 14.2. The Morgan fingerprint density at radius 3 is 1.89 bits per heavy atom. The van der Waals surface area contributed by atoms with E-state index < -0.39 is 0 Å². The summed E-state index contributed by atoms with van der Waals surface area (Å²) in [5.41, 5.74) is 1.03. The fraction of sp³-hybridized carbons (Fsp3) is 1.00. The molecule has 0 bridgehead atoms. The van der Waals surface area contributed by atoms with Gasteiger partial charge in [-0.05, 0) is 51.4 Å². The van der Waals surface area contributed by atoms with Gasteiger partial charge in [0.1, 0.15) is 0 Å². The lowest BCUT2D eigenvalue weighted by Gasteiger charge is -2.53. The summed E-state index contributed by atoms with van der Waals surface area (Å²) in [6.07, 6.45) is 3.99. The summed E-state index contributed by atoms with van der Waals surface area (Å²) < 4.78 is 0. The second-order valence-corrected chi connectivity index (χ2v) is 8.57. The zero-order valence-electron chi connectivity index (χ0n) is 14.2. The van der Waals surface area contributed by atoms with Crippen LogP contribution in [0.25, 0.3) is 0 Å². The molecule has 0 amide bonds. The molecule has 18 heavy (non-hydrogen) atoms. The number of rotatable bonds is 2. The number of hydrogen-bond donors (Lipinski definition) is 0. The SMILES string of the molecule is CCC1(C(C)C)CCC(C(C)(C)C)N1C(C)(C)C. The fourth-order valence-electron chi connectivity index (χ4n) is 4.22. The lowest BCUT2D eigenvalue weighted by atomic mass is 9.79. The third-order valence-corrected chi connectivity index (χ3v) is 5.05. The van der Waals surface area contributed by atoms with Crippen LogP contribution in [0.15, 0.2) is 0 Å². The third-order valence-electron chi connectivity index (χ3n) is 5.05. The van der Waals surface area contributed by atoms with E-state index in [0.29, 0.717) is 17.0 Å². The lowest BCUT2D eigenvalue weighted by Crippen LogP contribution is -2.61. The largest absolute Gasteiger partial charge is 0.289 e. The first-order valence-electron chi connectivity index (χ1n) is 7.76. The van der Waals surface area contributed by atoms with Crippen molar-refractivity contribution in [3.8, 4) is 0 Å². The summed E-state index contributed by atoms with van der Waals surface area (Å²) in [6, 6.07) is 0.708. The average Bonchev–Trinajstić information content (AvgIpc) is 2.56. The van der Waals surface area contributed by atoms with E-state index in [4.69, 9.17) is 0 Å². The van der Waals surface area contributed by atoms with Gasteiger partial charge in [-0.1, -0.05) is 41.5 Å². The Hall–Kier alpha value is -0.0400. The van der Waals surface area contributed by atoms with Gasteiger partial charge < -0.3 is 0 Å². The maximum absolute atomic E-state index is 2.87. The molecule has 0 aromatic heterocycles. The minimum atomic E-state index is 0.259. The molecule has 1 aliphatic rings. The molecule has 1 nitrogen and oxygen atoms in total. The van der Waals surface area contributed by atoms with Crippen LogP contribution in [0.3, 0.4) is 0 Å². The van der Waals surface area contributed by atoms with E-state index in [1.807, 2.05) is 0 Å². The van der Waals surface area contributed by atoms with Crippen LogP contribution in [-0.4, -0.2) is 22.0 Å². The van der Waals surface area contributed by atoms with Crippen LogP contribution in [-0.2, 0) is 0 Å². The Morgan fingerprint density at radius 2 is 1.61 bits per heavy atom. The molecule has 0 N–H and O–H groups in total. The van der Waals surface area contributed by atoms with Crippen molar-refractivity contribution in [2.45, 2.75) is 98.7 Å². The van der Waals surface area contributed by atoms with Gasteiger partial charge in [-0.15, -0.1) is 0 Å². The predicted octanol–water partition coefficient (Wildman–Crippen LogP) is 5.10. The van der Waals surface area contributed by atoms with Crippen molar-refractivity contribution in [1.82, 2.24) is 4.90 Å². The molecule has 108 valence electrons. The van der Waals surface area contributed by atoms with Gasteiger partial charge in [0.2, 0.25) is 0 Å². The molecule has 0 spiro atoms. The topological polar surface area (TPSA) is 3.24 Å². The van der Waals surface area contributed by atoms with Crippen LogP contribution < -0.4 is 0 Å². The highest BCUT2D eigenvalue weighted by Gasteiger charge is 2.53. The van der Waals surface area contributed by atoms with Crippen LogP contribution in [0.1, 0.15) is 81.6 Å². The molecule has 0 aromatic rings. The predicted molar refractivity (Wildman–Crippen MR) is 81.9 cm³/mol. The first-order valence-corrected chi connectivity index (χ1v) is 7.76. The first-order chi connectivity index (χ1) is 7.97. The van der Waals surface area contributed by atoms with Gasteiger partial charge >= 0.3 is 0 Å². The third kappa shape index (κ3) is 2.61. The molecule has 1 fully saturated rings. The van der Waals surface area contributed by atoms with Crippen LogP contribution >= 0.6 is 0 Å². The van der Waals surface area contributed by atoms with E-state index in [1.54, 1.807) is 0 Å². The Bertz CT molecular complexity index is 279. The van der Waals surface area contributed by atoms with E-state index in [0.717, 1.165) is 5.92 Å². The molecule has 0 saturated carbocycles. The minimum Gasteiger partial charge on any atom is -0.289 e. The number of nitrogens with zero attached hydrogens (tertiary/aromatic N) is 1. The van der Waals surface area contributed by atoms with Gasteiger partial charge in [-0.2, -0.15) is 0 Å². The first kappa shape index (κ1) is 16.0. The molecule has 0 aliphatic carbocycles. The Kier molecular flexibility index (Phi) is 4.28. The highest BCUT2D eigenvalue weighted by atomic mass is 15.3. The normalized spacial score (nSPS) is 31.3. The summed E-state index contributed by atoms with van der Waals surface area (Å²) in [5.74, 6) is 0.731. The van der Waals surface area contributed by atoms with E-state index in [9.17, 15) is 0 Å². The second-order valence-electron chi connectivity index (χ2n) is 8.57. The van der Waals surface area contributed by atoms with E-state index in [2.05, 4.69) is 67.2 Å². The highest BCUT2D eigenvalue weighted by molar-refractivity contribution is 5.08. The molecule has 2 atom stereocenters. The number of hydrogen-bond acceptors (Lipinski definition) is 1. The van der Waals surface area contributed by atoms with Gasteiger partial charge in [0.15, 0.2) is 0 Å². The minimum absolute atomic E-state index is 0.259. The summed E-state index contributed by atoms with van der Waals surface area (Å²) >= 11 is 0. The van der Waals surface area contributed by atoms with Crippen molar-refractivity contribution in [1.29, 1.82) is 0 Å². The molecular weight excluding hydrogens is 218 g/mol. The maximum Gasteiger partial charge on any atom is 0.0238 e. The van der Waals surface area contributed by atoms with Crippen LogP contribution in [0.5, 0.6) is 0 Å². The van der Waals surface area contributed by atoms with Gasteiger partial charge in [0.25, 0.3) is 0 Å². The number of likely N-dealkylation sites (tertiary alicyclic amines) is 1. The molecular formula is C17H35N. The van der Waals surface area contributed by atoms with E-state index in [1.165, 1.54) is 19.3 Å². The molecule has 2 unspecified atom stereocenters. The summed E-state index contributed by atoms with van der Waals surface area (Å²) in [6.45, 7) is 21.6. The van der Waals surface area contributed by atoms with Gasteiger partial charge in [-0.25, -0.2) is 0 Å². The molecule has 1 rings (SSSR count). The molecule has 1 heterocycles. The quantitative estimate of drug-likeness (QED) is 0.662. The molecule has 0 aromatic carbocycles. The Balaban J connectivity index is 3.24. The van der Waals surface area contributed by atoms with Crippen molar-refractivity contribution >= 4 is 0 Å². The molecule has 0 radical (unpaired) electrons. The van der Waals surface area contributed by atoms with E-state index in [-0.39, 0.29) is 5.54 Å². The highest BCUT2D eigenvalue weighted by Crippen LogP contribution is 2.50. The second kappa shape index (κ2) is 4.81. The average molecular weight is 253 g/mol. The van der Waals surface area contributed by atoms with Crippen LogP contribution in [0.2, 0.25) is 0 Å². The van der Waals surface area contributed by atoms with Gasteiger partial charge in [-0.3, -0.25) is 4.90 Å². The van der Waals surface area contributed by atoms with Crippen molar-refractivity contribution in [2.75, 3.05) is 0 Å². The molecule has 1 saturated heterocycles. The Morgan fingerprint density at radius 1 is 1.11 bits per heavy atom. The summed E-state index contributed by atoms with van der Waals surface area (Å²) in [5, 5.41) is 0. The standard InChI is InChI=1S/C17H35N/c1-10-17(13(2)3)12-11-14(15(4,5)6)18(17)16(7,8)9/h13-14H,10-12H2,1-9H3. The van der Waals surface area contributed by atoms with Crippen LogP contribution in [0, 0.1) is 11.3 Å². The van der Waals surface area contributed by atoms with E-state index >= 15 is 0 Å². The lowest BCUT2D eigenvalue weighted by molar-refractivity contribution is -0.0497. The van der Waals surface area contributed by atoms with Crippen LogP contribution in [0.4, 0.5) is 0 Å². The van der Waals surface area contributed by atoms with Crippen molar-refractivity contribution in [2.24, 2.45) is 11.3 Å². The summed E-state index contributed by atoms with van der Waals surface area (Å²) in [4.78, 5) is 2.87. The fourth-order valence-corrected chi connectivity index (χ4v) is 4.22. The molecule has 1 heteroatoms. The summed E-state index contributed by atoms with van der Waals surface area (Å²) in [7, 11) is 0. The maximum atomic E-state index is 2.87. The Labute approximate surface area is 115 Å². The van der Waals surface area contributed by atoms with Crippen molar-refractivity contribution in [3.63, 3.8) is 0 Å².